The summed E-state index contributed by atoms with van der Waals surface area (Å²) >= 11 is 0. The second kappa shape index (κ2) is 7.04. The minimum Gasteiger partial charge on any atom is -0.326 e. The fraction of sp³-hybridized carbons (Fsp3) is 1.00. The van der Waals surface area contributed by atoms with Crippen LogP contribution in [0.4, 0.5) is 0 Å². The monoisotopic (exact) mass is 290 g/mol. The first-order valence-electron chi connectivity index (χ1n) is 7.48. The maximum atomic E-state index is 11.2. The molecule has 5 heteroatoms. The van der Waals surface area contributed by atoms with Crippen LogP contribution in [0.1, 0.15) is 52.4 Å². The third-order valence-electron chi connectivity index (χ3n) is 4.62. The van der Waals surface area contributed by atoms with Crippen LogP contribution < -0.4 is 5.73 Å². The zero-order valence-corrected chi connectivity index (χ0v) is 13.5. The van der Waals surface area contributed by atoms with E-state index < -0.39 is 9.84 Å². The Morgan fingerprint density at radius 1 is 1.26 bits per heavy atom. The van der Waals surface area contributed by atoms with Crippen molar-refractivity contribution in [2.45, 2.75) is 64.0 Å². The van der Waals surface area contributed by atoms with Gasteiger partial charge in [-0.25, -0.2) is 8.42 Å². The number of nitrogens with zero attached hydrogens (tertiary/aromatic N) is 1. The highest BCUT2D eigenvalue weighted by atomic mass is 32.2. The molecule has 2 N–H and O–H groups in total. The summed E-state index contributed by atoms with van der Waals surface area (Å²) in [7, 11) is -2.87. The van der Waals surface area contributed by atoms with Crippen LogP contribution in [0, 0.1) is 0 Å². The van der Waals surface area contributed by atoms with E-state index in [0.29, 0.717) is 6.42 Å². The van der Waals surface area contributed by atoms with Crippen molar-refractivity contribution in [3.05, 3.63) is 0 Å². The largest absolute Gasteiger partial charge is 0.326 e. The highest BCUT2D eigenvalue weighted by molar-refractivity contribution is 7.90. The summed E-state index contributed by atoms with van der Waals surface area (Å²) in [5.41, 5.74) is 6.40. The molecule has 0 saturated carbocycles. The molecule has 0 amide bonds. The fourth-order valence-electron chi connectivity index (χ4n) is 3.00. The Balaban J connectivity index is 2.56. The van der Waals surface area contributed by atoms with Crippen LogP contribution in [0.15, 0.2) is 0 Å². The van der Waals surface area contributed by atoms with Gasteiger partial charge in [0.25, 0.3) is 0 Å². The highest BCUT2D eigenvalue weighted by Gasteiger charge is 2.36. The van der Waals surface area contributed by atoms with Gasteiger partial charge in [-0.15, -0.1) is 0 Å². The molecule has 0 aromatic rings. The molecule has 0 bridgehead atoms. The Morgan fingerprint density at radius 3 is 2.32 bits per heavy atom. The summed E-state index contributed by atoms with van der Waals surface area (Å²) in [4.78, 5) is 2.52. The molecule has 1 aliphatic heterocycles. The molecule has 1 heterocycles. The van der Waals surface area contributed by atoms with Crippen LogP contribution in [-0.2, 0) is 9.84 Å². The van der Waals surface area contributed by atoms with Crippen LogP contribution in [0.3, 0.4) is 0 Å². The third kappa shape index (κ3) is 5.04. The summed E-state index contributed by atoms with van der Waals surface area (Å²) < 4.78 is 22.4. The Hall–Kier alpha value is -0.130. The highest BCUT2D eigenvalue weighted by Crippen LogP contribution is 2.28. The molecule has 0 aliphatic carbocycles. The van der Waals surface area contributed by atoms with Gasteiger partial charge in [-0.3, -0.25) is 4.90 Å². The smallest absolute Gasteiger partial charge is 0.147 e. The lowest BCUT2D eigenvalue weighted by Crippen LogP contribution is -2.59. The van der Waals surface area contributed by atoms with Crippen molar-refractivity contribution in [2.24, 2.45) is 5.73 Å². The van der Waals surface area contributed by atoms with Crippen molar-refractivity contribution in [1.82, 2.24) is 4.90 Å². The topological polar surface area (TPSA) is 63.4 Å². The third-order valence-corrected chi connectivity index (χ3v) is 5.65. The molecule has 1 saturated heterocycles. The van der Waals surface area contributed by atoms with Crippen molar-refractivity contribution < 1.29 is 8.42 Å². The van der Waals surface area contributed by atoms with Gasteiger partial charge in [0.2, 0.25) is 0 Å². The van der Waals surface area contributed by atoms with E-state index in [2.05, 4.69) is 18.7 Å². The van der Waals surface area contributed by atoms with E-state index in [4.69, 9.17) is 5.73 Å². The van der Waals surface area contributed by atoms with E-state index in [1.54, 1.807) is 0 Å². The fourth-order valence-corrected chi connectivity index (χ4v) is 3.69. The second-order valence-corrected chi connectivity index (χ2v) is 8.40. The van der Waals surface area contributed by atoms with Gasteiger partial charge >= 0.3 is 0 Å². The predicted molar refractivity (Wildman–Crippen MR) is 81.0 cm³/mol. The molecule has 2 atom stereocenters. The molecule has 1 rings (SSSR count). The van der Waals surface area contributed by atoms with Gasteiger partial charge in [-0.05, 0) is 52.1 Å². The van der Waals surface area contributed by atoms with Crippen molar-refractivity contribution in [2.75, 3.05) is 25.1 Å². The van der Waals surface area contributed by atoms with E-state index in [-0.39, 0.29) is 17.3 Å². The van der Waals surface area contributed by atoms with E-state index in [1.807, 2.05) is 0 Å². The molecule has 2 unspecified atom stereocenters. The maximum Gasteiger partial charge on any atom is 0.147 e. The minimum absolute atomic E-state index is 0.0118. The number of nitrogens with two attached hydrogens (primary N) is 1. The Morgan fingerprint density at radius 2 is 1.84 bits per heavy atom. The SMILES string of the molecule is CCC(C)(C(N)CCCS(C)(=O)=O)N1CCCCC1. The molecule has 1 aliphatic rings. The van der Waals surface area contributed by atoms with Gasteiger partial charge in [0.1, 0.15) is 9.84 Å². The van der Waals surface area contributed by atoms with E-state index in [0.717, 1.165) is 25.9 Å². The zero-order chi connectivity index (χ0) is 14.5. The quantitative estimate of drug-likeness (QED) is 0.776. The number of sulfone groups is 1. The molecule has 0 spiro atoms. The molecular formula is C14H30N2O2S. The van der Waals surface area contributed by atoms with Crippen molar-refractivity contribution in [1.29, 1.82) is 0 Å². The Bertz CT molecular complexity index is 364. The summed E-state index contributed by atoms with van der Waals surface area (Å²) in [6, 6.07) is 0.0531. The molecule has 0 aromatic carbocycles. The average molecular weight is 290 g/mol. The summed E-state index contributed by atoms with van der Waals surface area (Å²) in [5, 5.41) is 0. The van der Waals surface area contributed by atoms with Gasteiger partial charge in [0.05, 0.1) is 0 Å². The first-order valence-corrected chi connectivity index (χ1v) is 9.54. The normalized spacial score (nSPS) is 22.9. The molecule has 0 radical (unpaired) electrons. The summed E-state index contributed by atoms with van der Waals surface area (Å²) in [6.45, 7) is 6.68. The standard InChI is InChI=1S/C14H30N2O2S/c1-4-14(2,16-10-6-5-7-11-16)13(15)9-8-12-19(3,17)18/h13H,4-12,15H2,1-3H3. The first-order chi connectivity index (χ1) is 8.79. The lowest BCUT2D eigenvalue weighted by atomic mass is 9.84. The van der Waals surface area contributed by atoms with Gasteiger partial charge < -0.3 is 5.73 Å². The lowest BCUT2D eigenvalue weighted by Gasteiger charge is -2.47. The predicted octanol–water partition coefficient (Wildman–Crippen LogP) is 1.79. The van der Waals surface area contributed by atoms with Crippen molar-refractivity contribution in [3.63, 3.8) is 0 Å². The maximum absolute atomic E-state index is 11.2. The lowest BCUT2D eigenvalue weighted by molar-refractivity contribution is 0.0520. The molecule has 4 nitrogen and oxygen atoms in total. The summed E-state index contributed by atoms with van der Waals surface area (Å²) in [5.74, 6) is 0.250. The minimum atomic E-state index is -2.87. The van der Waals surface area contributed by atoms with E-state index in [9.17, 15) is 8.42 Å². The van der Waals surface area contributed by atoms with Gasteiger partial charge in [-0.1, -0.05) is 13.3 Å². The van der Waals surface area contributed by atoms with Gasteiger partial charge in [0, 0.05) is 23.6 Å². The number of rotatable bonds is 7. The molecule has 114 valence electrons. The Kier molecular flexibility index (Phi) is 6.27. The van der Waals surface area contributed by atoms with Crippen LogP contribution in [0.25, 0.3) is 0 Å². The van der Waals surface area contributed by atoms with E-state index >= 15 is 0 Å². The summed E-state index contributed by atoms with van der Waals surface area (Å²) in [6.07, 6.45) is 7.60. The zero-order valence-electron chi connectivity index (χ0n) is 12.7. The number of hydrogen-bond donors (Lipinski definition) is 1. The van der Waals surface area contributed by atoms with Gasteiger partial charge in [-0.2, -0.15) is 0 Å². The molecular weight excluding hydrogens is 260 g/mol. The first kappa shape index (κ1) is 16.9. The van der Waals surface area contributed by atoms with Crippen LogP contribution >= 0.6 is 0 Å². The van der Waals surface area contributed by atoms with Crippen LogP contribution in [0.2, 0.25) is 0 Å². The average Bonchev–Trinajstić information content (AvgIpc) is 2.37. The molecule has 1 fully saturated rings. The molecule has 19 heavy (non-hydrogen) atoms. The number of likely N-dealkylation sites (tertiary alicyclic amines) is 1. The molecule has 0 aromatic heterocycles. The second-order valence-electron chi connectivity index (χ2n) is 6.14. The van der Waals surface area contributed by atoms with Crippen LogP contribution in [-0.4, -0.2) is 50.0 Å². The van der Waals surface area contributed by atoms with Gasteiger partial charge in [0.15, 0.2) is 0 Å². The van der Waals surface area contributed by atoms with Crippen LogP contribution in [0.5, 0.6) is 0 Å². The van der Waals surface area contributed by atoms with E-state index in [1.165, 1.54) is 25.5 Å². The van der Waals surface area contributed by atoms with Crippen molar-refractivity contribution in [3.8, 4) is 0 Å². The van der Waals surface area contributed by atoms with Crippen molar-refractivity contribution >= 4 is 9.84 Å². The number of piperidine rings is 1. The Labute approximate surface area is 118 Å². The number of hydrogen-bond acceptors (Lipinski definition) is 4.